The highest BCUT2D eigenvalue weighted by Crippen LogP contribution is 2.32. The summed E-state index contributed by atoms with van der Waals surface area (Å²) in [6.07, 6.45) is 25.9. The van der Waals surface area contributed by atoms with E-state index >= 15 is 0 Å². The summed E-state index contributed by atoms with van der Waals surface area (Å²) in [7, 11) is 0. The lowest BCUT2D eigenvalue weighted by atomic mass is 9.81. The molecule has 0 spiro atoms. The van der Waals surface area contributed by atoms with Crippen LogP contribution in [0.5, 0.6) is 0 Å². The zero-order valence-corrected chi connectivity index (χ0v) is 25.8. The first kappa shape index (κ1) is 34.0. The van der Waals surface area contributed by atoms with Gasteiger partial charge in [0.2, 0.25) is 0 Å². The molecule has 0 aliphatic heterocycles. The number of hydrogen-bond donors (Lipinski definition) is 0. The molecule has 0 fully saturated rings. The molecule has 6 atom stereocenters. The molecular weight excluding hydrogens is 408 g/mol. The van der Waals surface area contributed by atoms with Gasteiger partial charge in [0, 0.05) is 0 Å². The standard InChI is InChI=1S/C34H70/c1-10-28(7)16-17-30(9)19-20-32(14-5)24-26-34(21-18-29(8)11-2)27-25-33(15-6)23-22-31(12-3)13-4/h28-34H,10-27H2,1-9H3. The summed E-state index contributed by atoms with van der Waals surface area (Å²) in [5.74, 6) is 6.63. The van der Waals surface area contributed by atoms with Gasteiger partial charge in [-0.05, 0) is 41.4 Å². The third-order valence-electron chi connectivity index (χ3n) is 9.94. The molecule has 0 rings (SSSR count). The van der Waals surface area contributed by atoms with E-state index in [0.717, 1.165) is 41.4 Å². The highest BCUT2D eigenvalue weighted by atomic mass is 14.2. The zero-order chi connectivity index (χ0) is 25.8. The molecule has 0 radical (unpaired) electrons. The van der Waals surface area contributed by atoms with Crippen molar-refractivity contribution in [3.8, 4) is 0 Å². The van der Waals surface area contributed by atoms with E-state index in [1.165, 1.54) is 116 Å². The Balaban J connectivity index is 4.64. The highest BCUT2D eigenvalue weighted by Gasteiger charge is 2.18. The van der Waals surface area contributed by atoms with Gasteiger partial charge in [-0.25, -0.2) is 0 Å². The molecule has 0 bridgehead atoms. The van der Waals surface area contributed by atoms with Crippen LogP contribution >= 0.6 is 0 Å². The van der Waals surface area contributed by atoms with Gasteiger partial charge in [0.05, 0.1) is 0 Å². The van der Waals surface area contributed by atoms with E-state index in [1.54, 1.807) is 0 Å². The lowest BCUT2D eigenvalue weighted by Crippen LogP contribution is -2.11. The Kier molecular flexibility index (Phi) is 22.2. The van der Waals surface area contributed by atoms with E-state index in [2.05, 4.69) is 62.3 Å². The van der Waals surface area contributed by atoms with Gasteiger partial charge in [-0.15, -0.1) is 0 Å². The van der Waals surface area contributed by atoms with Gasteiger partial charge in [-0.2, -0.15) is 0 Å². The van der Waals surface area contributed by atoms with Crippen molar-refractivity contribution in [1.29, 1.82) is 0 Å². The van der Waals surface area contributed by atoms with Crippen molar-refractivity contribution in [3.63, 3.8) is 0 Å². The molecule has 0 aromatic heterocycles. The Hall–Kier alpha value is 0. The minimum atomic E-state index is 0.910. The largest absolute Gasteiger partial charge is 0.0651 e. The van der Waals surface area contributed by atoms with Gasteiger partial charge in [0.25, 0.3) is 0 Å². The molecule has 0 heteroatoms. The van der Waals surface area contributed by atoms with Crippen LogP contribution in [0.25, 0.3) is 0 Å². The van der Waals surface area contributed by atoms with Crippen LogP contribution in [0.2, 0.25) is 0 Å². The van der Waals surface area contributed by atoms with Crippen LogP contribution in [-0.2, 0) is 0 Å². The molecule has 0 aliphatic carbocycles. The predicted molar refractivity (Wildman–Crippen MR) is 159 cm³/mol. The van der Waals surface area contributed by atoms with E-state index in [0.29, 0.717) is 0 Å². The molecule has 0 N–H and O–H groups in total. The summed E-state index contributed by atoms with van der Waals surface area (Å²) in [5.41, 5.74) is 0. The van der Waals surface area contributed by atoms with Gasteiger partial charge in [0.1, 0.15) is 0 Å². The van der Waals surface area contributed by atoms with Gasteiger partial charge < -0.3 is 0 Å². The summed E-state index contributed by atoms with van der Waals surface area (Å²) in [4.78, 5) is 0. The second kappa shape index (κ2) is 22.2. The van der Waals surface area contributed by atoms with E-state index in [9.17, 15) is 0 Å². The molecule has 0 aliphatic rings. The maximum Gasteiger partial charge on any atom is -0.0414 e. The summed E-state index contributed by atoms with van der Waals surface area (Å²) < 4.78 is 0. The van der Waals surface area contributed by atoms with Crippen molar-refractivity contribution in [2.45, 2.75) is 178 Å². The molecule has 0 saturated carbocycles. The summed E-state index contributed by atoms with van der Waals surface area (Å²) in [6, 6.07) is 0. The van der Waals surface area contributed by atoms with Crippen molar-refractivity contribution in [3.05, 3.63) is 0 Å². The Morgan fingerprint density at radius 1 is 0.265 bits per heavy atom. The van der Waals surface area contributed by atoms with Crippen molar-refractivity contribution in [2.75, 3.05) is 0 Å². The van der Waals surface area contributed by atoms with E-state index in [1.807, 2.05) is 0 Å². The molecule has 0 amide bonds. The quantitative estimate of drug-likeness (QED) is 0.129. The second-order valence-corrected chi connectivity index (χ2v) is 12.7. The molecule has 206 valence electrons. The molecule has 0 saturated heterocycles. The van der Waals surface area contributed by atoms with Crippen molar-refractivity contribution < 1.29 is 0 Å². The highest BCUT2D eigenvalue weighted by molar-refractivity contribution is 4.70. The number of rotatable bonds is 24. The smallest absolute Gasteiger partial charge is 0.0414 e. The summed E-state index contributed by atoms with van der Waals surface area (Å²) in [6.45, 7) is 21.8. The maximum absolute atomic E-state index is 2.51. The van der Waals surface area contributed by atoms with Crippen molar-refractivity contribution in [2.24, 2.45) is 41.4 Å². The minimum Gasteiger partial charge on any atom is -0.0651 e. The molecule has 0 nitrogen and oxygen atoms in total. The van der Waals surface area contributed by atoms with Crippen molar-refractivity contribution >= 4 is 0 Å². The minimum absolute atomic E-state index is 0.910. The molecule has 0 aromatic rings. The Morgan fingerprint density at radius 2 is 0.529 bits per heavy atom. The second-order valence-electron chi connectivity index (χ2n) is 12.7. The zero-order valence-electron chi connectivity index (χ0n) is 25.8. The fraction of sp³-hybridized carbons (Fsp3) is 1.00. The summed E-state index contributed by atoms with van der Waals surface area (Å²) >= 11 is 0. The average Bonchev–Trinajstić information content (AvgIpc) is 2.86. The third kappa shape index (κ3) is 17.4. The first-order valence-electron chi connectivity index (χ1n) is 16.3. The molecular formula is C34H70. The molecule has 0 heterocycles. The van der Waals surface area contributed by atoms with Crippen LogP contribution in [0.4, 0.5) is 0 Å². The van der Waals surface area contributed by atoms with Crippen LogP contribution in [0.3, 0.4) is 0 Å². The monoisotopic (exact) mass is 479 g/mol. The fourth-order valence-electron chi connectivity index (χ4n) is 5.81. The first-order chi connectivity index (χ1) is 16.3. The Labute approximate surface area is 219 Å². The van der Waals surface area contributed by atoms with Gasteiger partial charge in [-0.3, -0.25) is 0 Å². The molecule has 34 heavy (non-hydrogen) atoms. The van der Waals surface area contributed by atoms with Crippen LogP contribution in [0.1, 0.15) is 178 Å². The van der Waals surface area contributed by atoms with Crippen LogP contribution in [-0.4, -0.2) is 0 Å². The predicted octanol–water partition coefficient (Wildman–Crippen LogP) is 12.5. The third-order valence-corrected chi connectivity index (χ3v) is 9.94. The maximum atomic E-state index is 2.51. The normalized spacial score (nSPS) is 17.5. The lowest BCUT2D eigenvalue weighted by Gasteiger charge is -2.25. The van der Waals surface area contributed by atoms with E-state index < -0.39 is 0 Å². The van der Waals surface area contributed by atoms with Gasteiger partial charge >= 0.3 is 0 Å². The topological polar surface area (TPSA) is 0 Å². The number of hydrogen-bond acceptors (Lipinski definition) is 0. The molecule has 6 unspecified atom stereocenters. The first-order valence-corrected chi connectivity index (χ1v) is 16.3. The van der Waals surface area contributed by atoms with Gasteiger partial charge in [-0.1, -0.05) is 178 Å². The summed E-state index contributed by atoms with van der Waals surface area (Å²) in [5, 5.41) is 0. The lowest BCUT2D eigenvalue weighted by molar-refractivity contribution is 0.274. The van der Waals surface area contributed by atoms with Gasteiger partial charge in [0.15, 0.2) is 0 Å². The SMILES string of the molecule is CCC(C)CCC(C)CCC(CC)CCC(CCC(C)CC)CCC(CC)CCC(CC)CC. The Morgan fingerprint density at radius 3 is 0.941 bits per heavy atom. The van der Waals surface area contributed by atoms with Crippen molar-refractivity contribution in [1.82, 2.24) is 0 Å². The van der Waals surface area contributed by atoms with Crippen LogP contribution in [0.15, 0.2) is 0 Å². The average molecular weight is 479 g/mol. The van der Waals surface area contributed by atoms with E-state index in [4.69, 9.17) is 0 Å². The fourth-order valence-corrected chi connectivity index (χ4v) is 5.81. The Bertz CT molecular complexity index is 408. The van der Waals surface area contributed by atoms with Crippen LogP contribution in [0, 0.1) is 41.4 Å². The molecule has 0 aromatic carbocycles. The van der Waals surface area contributed by atoms with Crippen LogP contribution < -0.4 is 0 Å². The van der Waals surface area contributed by atoms with E-state index in [-0.39, 0.29) is 0 Å².